The minimum absolute atomic E-state index is 0.196. The van der Waals surface area contributed by atoms with Crippen LogP contribution in [0.3, 0.4) is 0 Å². The van der Waals surface area contributed by atoms with Crippen molar-refractivity contribution in [3.05, 3.63) is 142 Å². The first kappa shape index (κ1) is 25.9. The van der Waals surface area contributed by atoms with Crippen LogP contribution in [0.15, 0.2) is 114 Å². The molecule has 41 heavy (non-hydrogen) atoms. The van der Waals surface area contributed by atoms with Crippen LogP contribution in [0.25, 0.3) is 5.65 Å². The first-order valence-corrected chi connectivity index (χ1v) is 13.8. The van der Waals surface area contributed by atoms with Gasteiger partial charge in [0, 0.05) is 24.0 Å². The molecule has 7 rings (SSSR count). The summed E-state index contributed by atoms with van der Waals surface area (Å²) in [5.41, 5.74) is 3.17. The fourth-order valence-electron chi connectivity index (χ4n) is 6.19. The first-order chi connectivity index (χ1) is 20.0. The number of ether oxygens (including phenoxy) is 4. The number of hydrogen-bond donors (Lipinski definition) is 1. The quantitative estimate of drug-likeness (QED) is 0.288. The normalized spacial score (nSPS) is 23.6. The van der Waals surface area contributed by atoms with Gasteiger partial charge in [-0.05, 0) is 30.5 Å². The van der Waals surface area contributed by atoms with E-state index in [0.717, 1.165) is 22.3 Å². The summed E-state index contributed by atoms with van der Waals surface area (Å²) >= 11 is 0. The molecular formula is C33H31N3O5. The Bertz CT molecular complexity index is 1600. The van der Waals surface area contributed by atoms with Crippen LogP contribution in [-0.2, 0) is 24.5 Å². The topological polar surface area (TPSA) is 87.1 Å². The van der Waals surface area contributed by atoms with E-state index in [9.17, 15) is 4.79 Å². The standard InChI is InChI=1S/C33H31N3O5/c1-32(2)40-29-26(39-28(30(29)41-32)25-20-35-36-27(37)18-19-34-31(25)36)21-38-33(22-12-6-3-7-13-22,23-14-8-4-9-15-23)24-16-10-5-11-17-24/h3-20,26,28-30,35H,21H2,1-2H3/t26-,28-,29-,30+/m1/s1. The van der Waals surface area contributed by atoms with Crippen molar-refractivity contribution in [3.63, 3.8) is 0 Å². The SMILES string of the molecule is CC1(C)O[C@@H]2[C@H](O1)[C@@H](COC(c1ccccc1)(c1ccccc1)c1ccccc1)O[C@@H]2c1c[nH]n2c(=O)ccnc12. The van der Waals surface area contributed by atoms with Gasteiger partial charge in [-0.25, -0.2) is 9.50 Å². The third kappa shape index (κ3) is 4.40. The molecule has 0 aliphatic carbocycles. The second-order valence-corrected chi connectivity index (χ2v) is 10.9. The summed E-state index contributed by atoms with van der Waals surface area (Å²) in [6, 6.07) is 32.1. The van der Waals surface area contributed by atoms with E-state index in [1.165, 1.54) is 16.8 Å². The highest BCUT2D eigenvalue weighted by molar-refractivity contribution is 5.49. The summed E-state index contributed by atoms with van der Waals surface area (Å²) < 4.78 is 27.9. The van der Waals surface area contributed by atoms with Crippen molar-refractivity contribution in [1.29, 1.82) is 0 Å². The molecule has 2 fully saturated rings. The Morgan fingerprint density at radius 3 is 2.00 bits per heavy atom. The highest BCUT2D eigenvalue weighted by Gasteiger charge is 2.56. The van der Waals surface area contributed by atoms with E-state index in [1.54, 1.807) is 6.20 Å². The fourth-order valence-corrected chi connectivity index (χ4v) is 6.19. The number of nitrogens with one attached hydrogen (secondary N) is 1. The van der Waals surface area contributed by atoms with Gasteiger partial charge in [-0.3, -0.25) is 9.89 Å². The predicted molar refractivity (Wildman–Crippen MR) is 152 cm³/mol. The zero-order chi connectivity index (χ0) is 28.0. The van der Waals surface area contributed by atoms with E-state index >= 15 is 0 Å². The number of rotatable bonds is 7. The average molecular weight is 550 g/mol. The summed E-state index contributed by atoms with van der Waals surface area (Å²) in [6.07, 6.45) is 1.51. The lowest BCUT2D eigenvalue weighted by molar-refractivity contribution is -0.196. The monoisotopic (exact) mass is 549 g/mol. The van der Waals surface area contributed by atoms with Crippen molar-refractivity contribution in [2.24, 2.45) is 0 Å². The molecule has 0 radical (unpaired) electrons. The molecule has 4 heterocycles. The van der Waals surface area contributed by atoms with Crippen molar-refractivity contribution < 1.29 is 18.9 Å². The molecule has 0 bridgehead atoms. The zero-order valence-corrected chi connectivity index (χ0v) is 22.8. The molecule has 208 valence electrons. The number of nitrogens with zero attached hydrogens (tertiary/aromatic N) is 2. The van der Waals surface area contributed by atoms with Gasteiger partial charge < -0.3 is 18.9 Å². The van der Waals surface area contributed by atoms with Crippen LogP contribution < -0.4 is 5.56 Å². The Labute approximate surface area is 237 Å². The average Bonchev–Trinajstić information content (AvgIpc) is 3.67. The minimum atomic E-state index is -0.897. The lowest BCUT2D eigenvalue weighted by atomic mass is 9.80. The molecule has 2 aliphatic rings. The van der Waals surface area contributed by atoms with E-state index in [2.05, 4.69) is 46.5 Å². The maximum atomic E-state index is 12.4. The molecule has 2 saturated heterocycles. The number of fused-ring (bicyclic) bond motifs is 2. The molecule has 0 saturated carbocycles. The Balaban J connectivity index is 1.29. The number of hydrogen-bond acceptors (Lipinski definition) is 6. The van der Waals surface area contributed by atoms with Gasteiger partial charge in [0.2, 0.25) is 0 Å². The lowest BCUT2D eigenvalue weighted by Gasteiger charge is -2.37. The third-order valence-corrected chi connectivity index (χ3v) is 7.91. The Morgan fingerprint density at radius 2 is 1.41 bits per heavy atom. The molecule has 4 atom stereocenters. The molecule has 0 spiro atoms. The van der Waals surface area contributed by atoms with Gasteiger partial charge in [0.05, 0.1) is 6.61 Å². The van der Waals surface area contributed by atoms with Crippen LogP contribution in [0.2, 0.25) is 0 Å². The number of aromatic amines is 1. The van der Waals surface area contributed by atoms with Gasteiger partial charge in [0.1, 0.15) is 30.0 Å². The Morgan fingerprint density at radius 1 is 0.854 bits per heavy atom. The van der Waals surface area contributed by atoms with Gasteiger partial charge in [-0.2, -0.15) is 0 Å². The third-order valence-electron chi connectivity index (χ3n) is 7.91. The summed E-state index contributed by atoms with van der Waals surface area (Å²) in [5, 5.41) is 3.00. The fraction of sp³-hybridized carbons (Fsp3) is 0.273. The van der Waals surface area contributed by atoms with Gasteiger partial charge in [0.15, 0.2) is 11.4 Å². The molecule has 0 amide bonds. The summed E-state index contributed by atoms with van der Waals surface area (Å²) in [5.74, 6) is -0.804. The largest absolute Gasteiger partial charge is 0.362 e. The number of H-pyrrole nitrogens is 1. The van der Waals surface area contributed by atoms with Crippen LogP contribution in [0.1, 0.15) is 42.2 Å². The highest BCUT2D eigenvalue weighted by Crippen LogP contribution is 2.47. The van der Waals surface area contributed by atoms with Crippen LogP contribution in [-0.4, -0.2) is 45.3 Å². The van der Waals surface area contributed by atoms with Gasteiger partial charge >= 0.3 is 0 Å². The van der Waals surface area contributed by atoms with E-state index < -0.39 is 29.7 Å². The number of aromatic nitrogens is 3. The summed E-state index contributed by atoms with van der Waals surface area (Å²) in [6.45, 7) is 4.03. The van der Waals surface area contributed by atoms with Crippen LogP contribution >= 0.6 is 0 Å². The number of benzene rings is 3. The van der Waals surface area contributed by atoms with E-state index in [1.807, 2.05) is 68.4 Å². The van der Waals surface area contributed by atoms with Crippen molar-refractivity contribution in [1.82, 2.24) is 14.6 Å². The molecule has 5 aromatic rings. The molecule has 8 nitrogen and oxygen atoms in total. The Kier molecular flexibility index (Phi) is 6.36. The maximum absolute atomic E-state index is 12.4. The van der Waals surface area contributed by atoms with Gasteiger partial charge in [-0.15, -0.1) is 0 Å². The Hall–Kier alpha value is -4.08. The van der Waals surface area contributed by atoms with Crippen LogP contribution in [0, 0.1) is 0 Å². The maximum Gasteiger partial charge on any atom is 0.272 e. The van der Waals surface area contributed by atoms with Crippen LogP contribution in [0.5, 0.6) is 0 Å². The van der Waals surface area contributed by atoms with Crippen molar-refractivity contribution in [3.8, 4) is 0 Å². The van der Waals surface area contributed by atoms with Crippen molar-refractivity contribution in [2.45, 2.75) is 49.7 Å². The lowest BCUT2D eigenvalue weighted by Crippen LogP contribution is -2.39. The molecule has 2 aromatic heterocycles. The molecule has 8 heteroatoms. The smallest absolute Gasteiger partial charge is 0.272 e. The molecule has 0 unspecified atom stereocenters. The van der Waals surface area contributed by atoms with E-state index in [0.29, 0.717) is 5.65 Å². The van der Waals surface area contributed by atoms with E-state index in [4.69, 9.17) is 18.9 Å². The molecular weight excluding hydrogens is 518 g/mol. The van der Waals surface area contributed by atoms with Crippen molar-refractivity contribution in [2.75, 3.05) is 6.61 Å². The van der Waals surface area contributed by atoms with Gasteiger partial charge in [-0.1, -0.05) is 91.0 Å². The second kappa shape index (κ2) is 10.1. The zero-order valence-electron chi connectivity index (χ0n) is 22.8. The van der Waals surface area contributed by atoms with Crippen molar-refractivity contribution >= 4 is 5.65 Å². The summed E-state index contributed by atoms with van der Waals surface area (Å²) in [4.78, 5) is 16.8. The molecule has 3 aromatic carbocycles. The van der Waals surface area contributed by atoms with E-state index in [-0.39, 0.29) is 18.3 Å². The molecule has 2 aliphatic heterocycles. The van der Waals surface area contributed by atoms with Crippen LogP contribution in [0.4, 0.5) is 0 Å². The molecule has 1 N–H and O–H groups in total. The van der Waals surface area contributed by atoms with Gasteiger partial charge in [0.25, 0.3) is 5.56 Å². The summed E-state index contributed by atoms with van der Waals surface area (Å²) in [7, 11) is 0. The highest BCUT2D eigenvalue weighted by atomic mass is 16.8. The first-order valence-electron chi connectivity index (χ1n) is 13.8. The minimum Gasteiger partial charge on any atom is -0.362 e. The predicted octanol–water partition coefficient (Wildman–Crippen LogP) is 4.99. The second-order valence-electron chi connectivity index (χ2n) is 10.9.